The van der Waals surface area contributed by atoms with Crippen molar-refractivity contribution in [1.82, 2.24) is 14.8 Å². The molecule has 0 amide bonds. The molecule has 134 valence electrons. The summed E-state index contributed by atoms with van der Waals surface area (Å²) < 4.78 is 0. The van der Waals surface area contributed by atoms with E-state index in [0.29, 0.717) is 17.9 Å². The number of fused-ring (bicyclic) bond motifs is 1. The van der Waals surface area contributed by atoms with Gasteiger partial charge in [-0.3, -0.25) is 14.6 Å². The topological polar surface area (TPSA) is 39.3 Å². The van der Waals surface area contributed by atoms with Crippen molar-refractivity contribution in [2.75, 3.05) is 26.7 Å². The third-order valence-corrected chi connectivity index (χ3v) is 5.77. The second kappa shape index (κ2) is 7.32. The first-order valence-corrected chi connectivity index (χ1v) is 8.78. The number of hydrogen-bond donors (Lipinski definition) is 1. The maximum absolute atomic E-state index is 11.9. The second-order valence-electron chi connectivity index (χ2n) is 7.38. The lowest BCUT2D eigenvalue weighted by Gasteiger charge is -2.28. The van der Waals surface area contributed by atoms with Crippen LogP contribution in [-0.2, 0) is 6.54 Å². The summed E-state index contributed by atoms with van der Waals surface area (Å²) in [6.07, 6.45) is 1.70. The molecular formula is C20H26ClN3O. The Morgan fingerprint density at radius 2 is 1.92 bits per heavy atom. The molecule has 0 radical (unpaired) electrons. The fourth-order valence-electron chi connectivity index (χ4n) is 4.69. The number of halogens is 1. The molecule has 2 fully saturated rings. The first-order chi connectivity index (χ1) is 11.6. The minimum absolute atomic E-state index is 0. The van der Waals surface area contributed by atoms with Gasteiger partial charge < -0.3 is 4.98 Å². The average Bonchev–Trinajstić information content (AvgIpc) is 3.06. The normalized spacial score (nSPS) is 26.4. The zero-order valence-corrected chi connectivity index (χ0v) is 15.6. The van der Waals surface area contributed by atoms with Crippen LogP contribution in [0.4, 0.5) is 0 Å². The molecular weight excluding hydrogens is 334 g/mol. The van der Waals surface area contributed by atoms with Crippen LogP contribution in [0.2, 0.25) is 0 Å². The number of nitrogens with zero attached hydrogens (tertiary/aromatic N) is 2. The molecule has 4 nitrogen and oxygen atoms in total. The highest BCUT2D eigenvalue weighted by Gasteiger charge is 2.46. The molecule has 0 bridgehead atoms. The molecule has 1 aromatic carbocycles. The Hall–Kier alpha value is -1.62. The number of benzene rings is 1. The molecule has 4 rings (SSSR count). The van der Waals surface area contributed by atoms with Gasteiger partial charge in [-0.25, -0.2) is 0 Å². The van der Waals surface area contributed by atoms with Crippen LogP contribution in [0.25, 0.3) is 0 Å². The molecule has 0 spiro atoms. The molecule has 1 N–H and O–H groups in total. The molecule has 2 aliphatic rings. The van der Waals surface area contributed by atoms with Crippen molar-refractivity contribution in [3.63, 3.8) is 0 Å². The van der Waals surface area contributed by atoms with Gasteiger partial charge in [0.1, 0.15) is 0 Å². The van der Waals surface area contributed by atoms with Gasteiger partial charge in [0, 0.05) is 44.0 Å². The van der Waals surface area contributed by atoms with Crippen LogP contribution in [-0.4, -0.2) is 41.5 Å². The summed E-state index contributed by atoms with van der Waals surface area (Å²) >= 11 is 0. The molecule has 0 saturated carbocycles. The zero-order chi connectivity index (χ0) is 16.7. The van der Waals surface area contributed by atoms with Gasteiger partial charge in [0.05, 0.1) is 0 Å². The quantitative estimate of drug-likeness (QED) is 0.916. The Bertz CT molecular complexity index is 790. The molecule has 25 heavy (non-hydrogen) atoms. The third-order valence-electron chi connectivity index (χ3n) is 5.77. The van der Waals surface area contributed by atoms with E-state index in [9.17, 15) is 4.79 Å². The molecule has 2 aromatic rings. The summed E-state index contributed by atoms with van der Waals surface area (Å²) in [5.74, 6) is 1.35. The Balaban J connectivity index is 0.00000182. The van der Waals surface area contributed by atoms with E-state index in [1.807, 2.05) is 12.1 Å². The maximum Gasteiger partial charge on any atom is 0.252 e. The third kappa shape index (κ3) is 3.39. The van der Waals surface area contributed by atoms with E-state index >= 15 is 0 Å². The first kappa shape index (κ1) is 18.2. The van der Waals surface area contributed by atoms with Gasteiger partial charge in [0.15, 0.2) is 0 Å². The summed E-state index contributed by atoms with van der Waals surface area (Å²) in [7, 11) is 2.25. The molecule has 1 aromatic heterocycles. The van der Waals surface area contributed by atoms with Crippen molar-refractivity contribution in [3.05, 3.63) is 69.6 Å². The van der Waals surface area contributed by atoms with Gasteiger partial charge in [-0.15, -0.1) is 12.4 Å². The van der Waals surface area contributed by atoms with Crippen LogP contribution >= 0.6 is 12.4 Å². The van der Waals surface area contributed by atoms with Crippen molar-refractivity contribution in [3.8, 4) is 0 Å². The highest BCUT2D eigenvalue weighted by atomic mass is 35.5. The number of H-pyrrole nitrogens is 1. The zero-order valence-electron chi connectivity index (χ0n) is 14.8. The van der Waals surface area contributed by atoms with Crippen molar-refractivity contribution in [2.24, 2.45) is 11.8 Å². The van der Waals surface area contributed by atoms with E-state index in [1.165, 1.54) is 11.1 Å². The maximum atomic E-state index is 11.9. The number of aryl methyl sites for hydroxylation is 1. The molecule has 0 unspecified atom stereocenters. The Kier molecular flexibility index (Phi) is 5.32. The van der Waals surface area contributed by atoms with Gasteiger partial charge in [-0.05, 0) is 43.0 Å². The lowest BCUT2D eigenvalue weighted by atomic mass is 9.88. The van der Waals surface area contributed by atoms with Crippen molar-refractivity contribution in [2.45, 2.75) is 19.5 Å². The smallest absolute Gasteiger partial charge is 0.252 e. The van der Waals surface area contributed by atoms with E-state index in [0.717, 1.165) is 31.7 Å². The Labute approximate surface area is 155 Å². The largest absolute Gasteiger partial charge is 0.329 e. The molecule has 0 aliphatic carbocycles. The predicted molar refractivity (Wildman–Crippen MR) is 103 cm³/mol. The fourth-order valence-corrected chi connectivity index (χ4v) is 4.69. The van der Waals surface area contributed by atoms with E-state index in [2.05, 4.69) is 53.0 Å². The number of rotatable bonds is 3. The van der Waals surface area contributed by atoms with Gasteiger partial charge >= 0.3 is 0 Å². The number of hydrogen-bond acceptors (Lipinski definition) is 3. The SMILES string of the molecule is Cc1ccccc1[C@@H]1[C@@H]2CN(Cc3ccc[nH]c3=O)C[C@@H]2CN1C.Cl. The van der Waals surface area contributed by atoms with Crippen molar-refractivity contribution in [1.29, 1.82) is 0 Å². The van der Waals surface area contributed by atoms with Gasteiger partial charge in [0.25, 0.3) is 5.56 Å². The summed E-state index contributed by atoms with van der Waals surface area (Å²) in [6, 6.07) is 13.1. The fraction of sp³-hybridized carbons (Fsp3) is 0.450. The second-order valence-corrected chi connectivity index (χ2v) is 7.38. The van der Waals surface area contributed by atoms with Crippen molar-refractivity contribution >= 4 is 12.4 Å². The molecule has 2 aliphatic heterocycles. The van der Waals surface area contributed by atoms with Crippen molar-refractivity contribution < 1.29 is 0 Å². The van der Waals surface area contributed by atoms with E-state index in [-0.39, 0.29) is 18.0 Å². The van der Waals surface area contributed by atoms with E-state index in [4.69, 9.17) is 0 Å². The van der Waals surface area contributed by atoms with Crippen LogP contribution in [0.3, 0.4) is 0 Å². The van der Waals surface area contributed by atoms with Crippen LogP contribution in [0.5, 0.6) is 0 Å². The Morgan fingerprint density at radius 1 is 1.12 bits per heavy atom. The first-order valence-electron chi connectivity index (χ1n) is 8.78. The van der Waals surface area contributed by atoms with Crippen LogP contribution < -0.4 is 5.56 Å². The van der Waals surface area contributed by atoms with Gasteiger partial charge in [-0.2, -0.15) is 0 Å². The van der Waals surface area contributed by atoms with Gasteiger partial charge in [-0.1, -0.05) is 30.3 Å². The Morgan fingerprint density at radius 3 is 2.68 bits per heavy atom. The number of aromatic nitrogens is 1. The van der Waals surface area contributed by atoms with Crippen LogP contribution in [0.15, 0.2) is 47.4 Å². The highest BCUT2D eigenvalue weighted by Crippen LogP contribution is 2.44. The van der Waals surface area contributed by atoms with Gasteiger partial charge in [0.2, 0.25) is 0 Å². The minimum Gasteiger partial charge on any atom is -0.329 e. The number of pyridine rings is 1. The summed E-state index contributed by atoms with van der Waals surface area (Å²) in [5, 5.41) is 0. The summed E-state index contributed by atoms with van der Waals surface area (Å²) in [5.41, 5.74) is 3.76. The monoisotopic (exact) mass is 359 g/mol. The molecule has 2 saturated heterocycles. The highest BCUT2D eigenvalue weighted by molar-refractivity contribution is 5.85. The van der Waals surface area contributed by atoms with Crippen LogP contribution in [0.1, 0.15) is 22.7 Å². The molecule has 5 heteroatoms. The average molecular weight is 360 g/mol. The van der Waals surface area contributed by atoms with E-state index < -0.39 is 0 Å². The number of likely N-dealkylation sites (tertiary alicyclic amines) is 2. The number of nitrogens with one attached hydrogen (secondary N) is 1. The van der Waals surface area contributed by atoms with E-state index in [1.54, 1.807) is 6.20 Å². The minimum atomic E-state index is 0. The lowest BCUT2D eigenvalue weighted by Crippen LogP contribution is -2.30. The molecule has 3 atom stereocenters. The lowest BCUT2D eigenvalue weighted by molar-refractivity contribution is 0.223. The summed E-state index contributed by atoms with van der Waals surface area (Å²) in [4.78, 5) is 19.7. The number of aromatic amines is 1. The standard InChI is InChI=1S/C20H25N3O.ClH/c1-14-6-3-4-8-17(14)19-18-13-23(12-16(18)10-22(19)2)11-15-7-5-9-21-20(15)24;/h3-9,16,18-19H,10-13H2,1-2H3,(H,21,24);1H/t16-,18+,19+;/m0./s1. The summed E-state index contributed by atoms with van der Waals surface area (Å²) in [6.45, 7) is 6.28. The molecule has 3 heterocycles. The van der Waals surface area contributed by atoms with Crippen LogP contribution in [0, 0.1) is 18.8 Å². The predicted octanol–water partition coefficient (Wildman–Crippen LogP) is 2.84.